The molecular formula is C22H33N7O5. The van der Waals surface area contributed by atoms with Crippen molar-refractivity contribution in [3.8, 4) is 0 Å². The van der Waals surface area contributed by atoms with Crippen LogP contribution in [-0.4, -0.2) is 88.9 Å². The Hall–Kier alpha value is -2.83. The smallest absolute Gasteiger partial charge is 0.248 e. The maximum Gasteiger partial charge on any atom is 0.248 e. The van der Waals surface area contributed by atoms with Crippen molar-refractivity contribution in [1.29, 1.82) is 0 Å². The number of nitrogens with zero attached hydrogens (tertiary/aromatic N) is 5. The highest BCUT2D eigenvalue weighted by Crippen LogP contribution is 2.31. The van der Waals surface area contributed by atoms with Gasteiger partial charge in [-0.25, -0.2) is 20.5 Å². The molecule has 1 saturated carbocycles. The lowest BCUT2D eigenvalue weighted by Crippen LogP contribution is -2.51. The van der Waals surface area contributed by atoms with E-state index in [1.807, 2.05) is 4.90 Å². The summed E-state index contributed by atoms with van der Waals surface area (Å²) in [6, 6.07) is -0.708. The highest BCUT2D eigenvalue weighted by atomic mass is 16.5. The van der Waals surface area contributed by atoms with Crippen molar-refractivity contribution < 1.29 is 24.3 Å². The number of hydrazine groups is 1. The lowest BCUT2D eigenvalue weighted by Gasteiger charge is -2.30. The van der Waals surface area contributed by atoms with Gasteiger partial charge in [0.2, 0.25) is 24.2 Å². The lowest BCUT2D eigenvalue weighted by atomic mass is 9.92. The molecule has 3 N–H and O–H groups in total. The minimum absolute atomic E-state index is 0.0950. The van der Waals surface area contributed by atoms with Crippen LogP contribution in [0.3, 0.4) is 0 Å². The van der Waals surface area contributed by atoms with Crippen LogP contribution in [0.2, 0.25) is 0 Å². The fraction of sp³-hybridized carbons (Fsp3) is 0.682. The van der Waals surface area contributed by atoms with E-state index in [0.717, 1.165) is 25.7 Å². The first-order valence-corrected chi connectivity index (χ1v) is 12.0. The average Bonchev–Trinajstić information content (AvgIpc) is 3.56. The van der Waals surface area contributed by atoms with Gasteiger partial charge in [0.25, 0.3) is 0 Å². The summed E-state index contributed by atoms with van der Waals surface area (Å²) in [5.74, 6) is -0.248. The molecule has 3 aliphatic rings. The van der Waals surface area contributed by atoms with E-state index in [-0.39, 0.29) is 18.4 Å². The minimum atomic E-state index is -0.708. The summed E-state index contributed by atoms with van der Waals surface area (Å²) in [4.78, 5) is 48.1. The molecule has 2 saturated heterocycles. The Morgan fingerprint density at radius 1 is 1.24 bits per heavy atom. The van der Waals surface area contributed by atoms with Crippen LogP contribution < -0.4 is 15.6 Å². The van der Waals surface area contributed by atoms with Crippen molar-refractivity contribution in [2.24, 2.45) is 11.8 Å². The second-order valence-electron chi connectivity index (χ2n) is 9.09. The average molecular weight is 476 g/mol. The zero-order valence-corrected chi connectivity index (χ0v) is 19.3. The third-order valence-corrected chi connectivity index (χ3v) is 6.72. The fourth-order valence-electron chi connectivity index (χ4n) is 4.95. The number of carbonyl (C=O) groups is 3. The third kappa shape index (κ3) is 5.99. The van der Waals surface area contributed by atoms with Crippen LogP contribution in [0.1, 0.15) is 38.5 Å². The number of hydrogen-bond acceptors (Lipinski definition) is 9. The molecule has 1 aromatic heterocycles. The number of amides is 3. The highest BCUT2D eigenvalue weighted by molar-refractivity contribution is 5.97. The molecule has 186 valence electrons. The Bertz CT molecular complexity index is 843. The predicted molar refractivity (Wildman–Crippen MR) is 122 cm³/mol. The zero-order chi connectivity index (χ0) is 23.9. The minimum Gasteiger partial charge on any atom is -0.378 e. The maximum atomic E-state index is 13.4. The monoisotopic (exact) mass is 475 g/mol. The molecule has 0 aromatic carbocycles. The van der Waals surface area contributed by atoms with Crippen LogP contribution in [0.5, 0.6) is 0 Å². The molecular weight excluding hydrogens is 442 g/mol. The molecule has 3 fully saturated rings. The zero-order valence-electron chi connectivity index (χ0n) is 19.3. The quantitative estimate of drug-likeness (QED) is 0.263. The molecule has 3 heterocycles. The SMILES string of the molecule is O=CN(O)CC(CC1CCCC1)C(=O)N1NCCC1C(=O)Nc1cnc(N2CCOCC2)nc1. The molecule has 1 aromatic rings. The first-order valence-electron chi connectivity index (χ1n) is 12.0. The molecule has 2 unspecified atom stereocenters. The molecule has 0 bridgehead atoms. The van der Waals surface area contributed by atoms with E-state index in [4.69, 9.17) is 4.74 Å². The van der Waals surface area contributed by atoms with E-state index in [0.29, 0.717) is 74.7 Å². The van der Waals surface area contributed by atoms with Crippen molar-refractivity contribution in [3.63, 3.8) is 0 Å². The first-order chi connectivity index (χ1) is 16.5. The van der Waals surface area contributed by atoms with Gasteiger partial charge in [-0.15, -0.1) is 0 Å². The summed E-state index contributed by atoms with van der Waals surface area (Å²) in [5.41, 5.74) is 3.46. The number of nitrogens with one attached hydrogen (secondary N) is 2. The molecule has 3 amide bonds. The van der Waals surface area contributed by atoms with Gasteiger partial charge >= 0.3 is 0 Å². The van der Waals surface area contributed by atoms with Crippen LogP contribution in [0.25, 0.3) is 0 Å². The van der Waals surface area contributed by atoms with Gasteiger partial charge in [-0.05, 0) is 18.8 Å². The third-order valence-electron chi connectivity index (χ3n) is 6.72. The highest BCUT2D eigenvalue weighted by Gasteiger charge is 2.39. The van der Waals surface area contributed by atoms with Crippen molar-refractivity contribution in [1.82, 2.24) is 25.5 Å². The van der Waals surface area contributed by atoms with Crippen molar-refractivity contribution >= 4 is 29.9 Å². The summed E-state index contributed by atoms with van der Waals surface area (Å²) in [5, 5.41) is 14.4. The van der Waals surface area contributed by atoms with Crippen LogP contribution in [0.4, 0.5) is 11.6 Å². The molecule has 0 spiro atoms. The topological polar surface area (TPSA) is 140 Å². The van der Waals surface area contributed by atoms with Gasteiger partial charge in [0.15, 0.2) is 0 Å². The van der Waals surface area contributed by atoms with Crippen LogP contribution >= 0.6 is 0 Å². The number of ether oxygens (including phenoxy) is 1. The maximum absolute atomic E-state index is 13.4. The second kappa shape index (κ2) is 11.5. The van der Waals surface area contributed by atoms with Crippen molar-refractivity contribution in [3.05, 3.63) is 12.4 Å². The Morgan fingerprint density at radius 2 is 1.94 bits per heavy atom. The molecule has 2 aliphatic heterocycles. The van der Waals surface area contributed by atoms with Crippen LogP contribution in [-0.2, 0) is 19.1 Å². The van der Waals surface area contributed by atoms with Crippen LogP contribution in [0, 0.1) is 11.8 Å². The van der Waals surface area contributed by atoms with Gasteiger partial charge in [-0.1, -0.05) is 25.7 Å². The van der Waals surface area contributed by atoms with E-state index in [1.54, 1.807) is 12.4 Å². The van der Waals surface area contributed by atoms with Crippen molar-refractivity contribution in [2.45, 2.75) is 44.6 Å². The molecule has 1 aliphatic carbocycles. The standard InChI is InChI=1S/C22H33N7O5/c30-15-28(33)14-17(11-16-3-1-2-4-16)21(32)29-19(5-6-25-29)20(31)26-18-12-23-22(24-13-18)27-7-9-34-10-8-27/h12-13,15-17,19,25,33H,1-11,14H2,(H,26,31). The van der Waals surface area contributed by atoms with E-state index < -0.39 is 12.0 Å². The van der Waals surface area contributed by atoms with Gasteiger partial charge in [-0.3, -0.25) is 24.6 Å². The number of hydrogen-bond donors (Lipinski definition) is 3. The fourth-order valence-corrected chi connectivity index (χ4v) is 4.95. The predicted octanol–water partition coefficient (Wildman–Crippen LogP) is 0.401. The molecule has 0 radical (unpaired) electrons. The normalized spacial score (nSPS) is 22.0. The van der Waals surface area contributed by atoms with Crippen molar-refractivity contribution in [2.75, 3.05) is 49.6 Å². The summed E-state index contributed by atoms with van der Waals surface area (Å²) >= 11 is 0. The number of morpholine rings is 1. The Kier molecular flexibility index (Phi) is 8.25. The van der Waals surface area contributed by atoms with Gasteiger partial charge in [0, 0.05) is 19.6 Å². The van der Waals surface area contributed by atoms with E-state index in [9.17, 15) is 19.6 Å². The summed E-state index contributed by atoms with van der Waals surface area (Å²) in [6.07, 6.45) is 8.77. The summed E-state index contributed by atoms with van der Waals surface area (Å²) in [6.45, 7) is 3.07. The number of hydroxylamine groups is 2. The number of anilines is 2. The molecule has 34 heavy (non-hydrogen) atoms. The van der Waals surface area contributed by atoms with E-state index >= 15 is 0 Å². The van der Waals surface area contributed by atoms with E-state index in [2.05, 4.69) is 20.7 Å². The van der Waals surface area contributed by atoms with Gasteiger partial charge in [-0.2, -0.15) is 0 Å². The summed E-state index contributed by atoms with van der Waals surface area (Å²) < 4.78 is 5.34. The molecule has 12 heteroatoms. The lowest BCUT2D eigenvalue weighted by molar-refractivity contribution is -0.159. The number of carbonyl (C=O) groups excluding carboxylic acids is 3. The number of aromatic nitrogens is 2. The first kappa shape index (κ1) is 24.3. The van der Waals surface area contributed by atoms with Crippen LogP contribution in [0.15, 0.2) is 12.4 Å². The Labute approximate surface area is 198 Å². The number of rotatable bonds is 9. The Balaban J connectivity index is 1.38. The largest absolute Gasteiger partial charge is 0.378 e. The van der Waals surface area contributed by atoms with Gasteiger partial charge in [0.1, 0.15) is 6.04 Å². The van der Waals surface area contributed by atoms with Gasteiger partial charge in [0.05, 0.1) is 43.8 Å². The Morgan fingerprint density at radius 3 is 2.62 bits per heavy atom. The molecule has 12 nitrogen and oxygen atoms in total. The van der Waals surface area contributed by atoms with Gasteiger partial charge < -0.3 is 15.0 Å². The summed E-state index contributed by atoms with van der Waals surface area (Å²) in [7, 11) is 0. The molecule has 4 rings (SSSR count). The molecule has 2 atom stereocenters. The second-order valence-corrected chi connectivity index (χ2v) is 9.09. The van der Waals surface area contributed by atoms with E-state index in [1.165, 1.54) is 5.01 Å².